The van der Waals surface area contributed by atoms with E-state index in [0.29, 0.717) is 27.0 Å². The highest BCUT2D eigenvalue weighted by Crippen LogP contribution is 2.30. The summed E-state index contributed by atoms with van der Waals surface area (Å²) >= 11 is 18.0. The highest BCUT2D eigenvalue weighted by Gasteiger charge is 2.28. The summed E-state index contributed by atoms with van der Waals surface area (Å²) in [6, 6.07) is 17.4. The summed E-state index contributed by atoms with van der Waals surface area (Å²) in [6.45, 7) is 1.29. The fourth-order valence-electron chi connectivity index (χ4n) is 2.78. The maximum Gasteiger partial charge on any atom is 0.264 e. The average molecular weight is 484 g/mol. The number of aryl methyl sites for hydroxylation is 1. The molecule has 1 N–H and O–H groups in total. The Labute approximate surface area is 190 Å². The Morgan fingerprint density at radius 2 is 1.63 bits per heavy atom. The topological polar surface area (TPSA) is 66.5 Å². The molecule has 0 aliphatic rings. The minimum absolute atomic E-state index is 0.0618. The summed E-state index contributed by atoms with van der Waals surface area (Å²) < 4.78 is 27.7. The quantitative estimate of drug-likeness (QED) is 0.482. The normalized spacial score (nSPS) is 11.2. The standard InChI is InChI=1S/C21H17Cl3N2O3S/c1-14-7-8-15(22)11-20(14)26(30(28,29)17-5-3-2-4-6-17)13-21(27)25-16-9-10-18(23)19(24)12-16/h2-12H,13H2,1H3,(H,25,27). The second-order valence-corrected chi connectivity index (χ2v) is 9.55. The number of rotatable bonds is 6. The molecule has 0 saturated carbocycles. The van der Waals surface area contributed by atoms with Crippen molar-refractivity contribution in [1.82, 2.24) is 0 Å². The van der Waals surface area contributed by atoms with Crippen LogP contribution in [0.3, 0.4) is 0 Å². The Morgan fingerprint density at radius 3 is 2.30 bits per heavy atom. The maximum absolute atomic E-state index is 13.3. The van der Waals surface area contributed by atoms with Crippen LogP contribution in [0.25, 0.3) is 0 Å². The van der Waals surface area contributed by atoms with Crippen LogP contribution in [0.15, 0.2) is 71.6 Å². The number of halogens is 3. The summed E-state index contributed by atoms with van der Waals surface area (Å²) in [7, 11) is -4.03. The van der Waals surface area contributed by atoms with Crippen molar-refractivity contribution < 1.29 is 13.2 Å². The molecule has 0 spiro atoms. The summed E-state index contributed by atoms with van der Waals surface area (Å²) in [5, 5.41) is 3.62. The largest absolute Gasteiger partial charge is 0.324 e. The van der Waals surface area contributed by atoms with Crippen LogP contribution in [-0.4, -0.2) is 20.9 Å². The molecule has 3 aromatic carbocycles. The highest BCUT2D eigenvalue weighted by atomic mass is 35.5. The van der Waals surface area contributed by atoms with Gasteiger partial charge in [0.05, 0.1) is 20.6 Å². The zero-order valence-corrected chi connectivity index (χ0v) is 18.9. The van der Waals surface area contributed by atoms with Gasteiger partial charge < -0.3 is 5.32 Å². The lowest BCUT2D eigenvalue weighted by Crippen LogP contribution is -2.38. The zero-order valence-electron chi connectivity index (χ0n) is 15.8. The lowest BCUT2D eigenvalue weighted by molar-refractivity contribution is -0.114. The number of amides is 1. The number of benzene rings is 3. The molecule has 0 radical (unpaired) electrons. The van der Waals surface area contributed by atoms with E-state index in [4.69, 9.17) is 34.8 Å². The van der Waals surface area contributed by atoms with Gasteiger partial charge in [0.25, 0.3) is 10.0 Å². The number of sulfonamides is 1. The molecule has 0 saturated heterocycles. The number of carbonyl (C=O) groups excluding carboxylic acids is 1. The molecule has 0 fully saturated rings. The Morgan fingerprint density at radius 1 is 0.933 bits per heavy atom. The summed E-state index contributed by atoms with van der Waals surface area (Å²) in [6.07, 6.45) is 0. The minimum Gasteiger partial charge on any atom is -0.324 e. The first kappa shape index (κ1) is 22.4. The van der Waals surface area contributed by atoms with Gasteiger partial charge in [-0.2, -0.15) is 0 Å². The Kier molecular flexibility index (Phi) is 6.93. The van der Waals surface area contributed by atoms with Crippen molar-refractivity contribution in [2.45, 2.75) is 11.8 Å². The van der Waals surface area contributed by atoms with Crippen molar-refractivity contribution in [3.63, 3.8) is 0 Å². The van der Waals surface area contributed by atoms with E-state index in [2.05, 4.69) is 5.32 Å². The van der Waals surface area contributed by atoms with Gasteiger partial charge in [-0.3, -0.25) is 9.10 Å². The van der Waals surface area contributed by atoms with Crippen LogP contribution in [0, 0.1) is 6.92 Å². The highest BCUT2D eigenvalue weighted by molar-refractivity contribution is 7.92. The minimum atomic E-state index is -4.03. The van der Waals surface area contributed by atoms with Crippen molar-refractivity contribution in [3.05, 3.63) is 87.4 Å². The van der Waals surface area contributed by atoms with E-state index in [0.717, 1.165) is 4.31 Å². The first-order chi connectivity index (χ1) is 14.2. The third-order valence-corrected chi connectivity index (χ3v) is 7.01. The summed E-state index contributed by atoms with van der Waals surface area (Å²) in [4.78, 5) is 12.8. The SMILES string of the molecule is Cc1ccc(Cl)cc1N(CC(=O)Nc1ccc(Cl)c(Cl)c1)S(=O)(=O)c1ccccc1. The second-order valence-electron chi connectivity index (χ2n) is 6.43. The van der Waals surface area contributed by atoms with Gasteiger partial charge in [-0.1, -0.05) is 59.1 Å². The van der Waals surface area contributed by atoms with Gasteiger partial charge >= 0.3 is 0 Å². The molecule has 3 aromatic rings. The average Bonchev–Trinajstić information content (AvgIpc) is 2.71. The van der Waals surface area contributed by atoms with Gasteiger partial charge in [-0.05, 0) is 55.0 Å². The molecule has 0 unspecified atom stereocenters. The van der Waals surface area contributed by atoms with Gasteiger partial charge in [0.15, 0.2) is 0 Å². The number of nitrogens with zero attached hydrogens (tertiary/aromatic N) is 1. The molecule has 0 heterocycles. The van der Waals surface area contributed by atoms with Crippen molar-refractivity contribution in [2.75, 3.05) is 16.2 Å². The molecule has 0 atom stereocenters. The van der Waals surface area contributed by atoms with Crippen LogP contribution < -0.4 is 9.62 Å². The molecule has 9 heteroatoms. The summed E-state index contributed by atoms with van der Waals surface area (Å²) in [5.41, 5.74) is 1.37. The molecule has 30 heavy (non-hydrogen) atoms. The number of anilines is 2. The smallest absolute Gasteiger partial charge is 0.264 e. The molecule has 5 nitrogen and oxygen atoms in total. The van der Waals surface area contributed by atoms with Gasteiger partial charge in [-0.15, -0.1) is 0 Å². The van der Waals surface area contributed by atoms with E-state index in [-0.39, 0.29) is 9.92 Å². The second kappa shape index (κ2) is 9.27. The number of hydrogen-bond donors (Lipinski definition) is 1. The van der Waals surface area contributed by atoms with Gasteiger partial charge in [0, 0.05) is 10.7 Å². The lowest BCUT2D eigenvalue weighted by atomic mass is 10.2. The van der Waals surface area contributed by atoms with Gasteiger partial charge in [-0.25, -0.2) is 8.42 Å². The van der Waals surface area contributed by atoms with Gasteiger partial charge in [0.1, 0.15) is 6.54 Å². The van der Waals surface area contributed by atoms with E-state index in [1.54, 1.807) is 49.4 Å². The molecule has 0 bridgehead atoms. The van der Waals surface area contributed by atoms with Crippen molar-refractivity contribution in [2.24, 2.45) is 0 Å². The first-order valence-corrected chi connectivity index (χ1v) is 11.3. The lowest BCUT2D eigenvalue weighted by Gasteiger charge is -2.26. The van der Waals surface area contributed by atoms with Crippen molar-refractivity contribution in [3.8, 4) is 0 Å². The van der Waals surface area contributed by atoms with Crippen LogP contribution in [0.2, 0.25) is 15.1 Å². The molecular weight excluding hydrogens is 467 g/mol. The molecule has 156 valence electrons. The third-order valence-electron chi connectivity index (χ3n) is 4.26. The summed E-state index contributed by atoms with van der Waals surface area (Å²) in [5.74, 6) is -0.549. The zero-order chi connectivity index (χ0) is 21.9. The predicted octanol–water partition coefficient (Wildman–Crippen LogP) is 5.79. The van der Waals surface area contributed by atoms with Crippen molar-refractivity contribution >= 4 is 62.1 Å². The molecule has 1 amide bonds. The third kappa shape index (κ3) is 5.08. The van der Waals surface area contributed by atoms with Gasteiger partial charge in [0.2, 0.25) is 5.91 Å². The Hall–Kier alpha value is -2.25. The fourth-order valence-corrected chi connectivity index (χ4v) is 4.74. The van der Waals surface area contributed by atoms with Crippen LogP contribution in [0.1, 0.15) is 5.56 Å². The number of nitrogens with one attached hydrogen (secondary N) is 1. The fraction of sp³-hybridized carbons (Fsp3) is 0.0952. The van der Waals surface area contributed by atoms with Crippen LogP contribution in [0.4, 0.5) is 11.4 Å². The number of hydrogen-bond acceptors (Lipinski definition) is 3. The molecule has 0 aromatic heterocycles. The molecule has 0 aliphatic carbocycles. The molecule has 0 aliphatic heterocycles. The Bertz CT molecular complexity index is 1190. The van der Waals surface area contributed by atoms with E-state index in [1.165, 1.54) is 24.3 Å². The monoisotopic (exact) mass is 482 g/mol. The van der Waals surface area contributed by atoms with E-state index in [1.807, 2.05) is 0 Å². The van der Waals surface area contributed by atoms with Crippen LogP contribution >= 0.6 is 34.8 Å². The first-order valence-electron chi connectivity index (χ1n) is 8.77. The van der Waals surface area contributed by atoms with E-state index >= 15 is 0 Å². The van der Waals surface area contributed by atoms with Crippen molar-refractivity contribution in [1.29, 1.82) is 0 Å². The van der Waals surface area contributed by atoms with E-state index < -0.39 is 22.5 Å². The van der Waals surface area contributed by atoms with Crippen LogP contribution in [0.5, 0.6) is 0 Å². The van der Waals surface area contributed by atoms with E-state index in [9.17, 15) is 13.2 Å². The predicted molar refractivity (Wildman–Crippen MR) is 122 cm³/mol. The molecular formula is C21H17Cl3N2O3S. The maximum atomic E-state index is 13.3. The molecule has 3 rings (SSSR count). The number of carbonyl (C=O) groups is 1. The van der Waals surface area contributed by atoms with Crippen LogP contribution in [-0.2, 0) is 14.8 Å². The Balaban J connectivity index is 1.98.